The summed E-state index contributed by atoms with van der Waals surface area (Å²) in [5.74, 6) is 0. The maximum Gasteiger partial charge on any atom is 0.0540 e. The van der Waals surface area contributed by atoms with Crippen LogP contribution in [0.1, 0.15) is 11.1 Å². The Kier molecular flexibility index (Phi) is 8.00. The molecule has 10 rings (SSSR count). The Morgan fingerprint density at radius 3 is 1.18 bits per heavy atom. The summed E-state index contributed by atoms with van der Waals surface area (Å²) in [6.07, 6.45) is 0. The van der Waals surface area contributed by atoms with E-state index in [9.17, 15) is 0 Å². The maximum atomic E-state index is 2.45. The van der Waals surface area contributed by atoms with Gasteiger partial charge < -0.3 is 4.90 Å². The van der Waals surface area contributed by atoms with Crippen molar-refractivity contribution in [1.82, 2.24) is 0 Å². The highest BCUT2D eigenvalue weighted by Crippen LogP contribution is 2.48. The van der Waals surface area contributed by atoms with E-state index < -0.39 is 0 Å². The second kappa shape index (κ2) is 13.5. The first kappa shape index (κ1) is 32.7. The van der Waals surface area contributed by atoms with Crippen LogP contribution >= 0.6 is 0 Å². The fraction of sp³-hybridized carbons (Fsp3) is 0.0370. The maximum absolute atomic E-state index is 2.45. The summed E-state index contributed by atoms with van der Waals surface area (Å²) in [4.78, 5) is 2.45. The van der Waals surface area contributed by atoms with Gasteiger partial charge in [-0.1, -0.05) is 176 Å². The van der Waals surface area contributed by atoms with Crippen LogP contribution in [0.15, 0.2) is 200 Å². The summed E-state index contributed by atoms with van der Waals surface area (Å²) in [5.41, 5.74) is 13.4. The zero-order chi connectivity index (χ0) is 36.9. The first-order valence-electron chi connectivity index (χ1n) is 19.1. The lowest BCUT2D eigenvalue weighted by Crippen LogP contribution is -2.11. The van der Waals surface area contributed by atoms with Gasteiger partial charge in [0.05, 0.1) is 11.4 Å². The van der Waals surface area contributed by atoms with Gasteiger partial charge in [-0.05, 0) is 115 Å². The number of nitrogens with zero attached hydrogens (tertiary/aromatic N) is 1. The SMILES string of the molecule is Cc1ccc(N(c2ccc(-c3c4ccccc4c(-c4ccccc4-c4ccccc4)c4ccccc34)cc2)c2ccc(C)c3ccccc23)c2ccccc12. The summed E-state index contributed by atoms with van der Waals surface area (Å²) in [7, 11) is 0. The van der Waals surface area contributed by atoms with Gasteiger partial charge in [0, 0.05) is 16.5 Å². The third-order valence-electron chi connectivity index (χ3n) is 11.3. The molecule has 0 atom stereocenters. The lowest BCUT2D eigenvalue weighted by atomic mass is 9.84. The Hall–Kier alpha value is -6.96. The molecule has 0 amide bonds. The Bertz CT molecular complexity index is 2900. The quantitative estimate of drug-likeness (QED) is 0.156. The Balaban J connectivity index is 1.19. The van der Waals surface area contributed by atoms with Gasteiger partial charge in [0.15, 0.2) is 0 Å². The van der Waals surface area contributed by atoms with Crippen molar-refractivity contribution in [3.05, 3.63) is 211 Å². The summed E-state index contributed by atoms with van der Waals surface area (Å²) >= 11 is 0. The van der Waals surface area contributed by atoms with Crippen molar-refractivity contribution < 1.29 is 0 Å². The van der Waals surface area contributed by atoms with E-state index in [2.05, 4.69) is 219 Å². The van der Waals surface area contributed by atoms with Gasteiger partial charge in [-0.2, -0.15) is 0 Å². The average Bonchev–Trinajstić information content (AvgIpc) is 3.25. The standard InChI is InChI=1S/C54H39N/c1-36-28-34-51(44-21-9-6-18-41(36)44)55(52-35-29-37(2)42-19-7-10-22-45(42)52)40-32-30-39(31-33-40)53-47-24-12-14-26-49(47)54(50-27-15-13-25-48(50)53)46-23-11-8-20-43(46)38-16-4-3-5-17-38/h3-35H,1-2H3. The van der Waals surface area contributed by atoms with E-state index in [4.69, 9.17) is 0 Å². The van der Waals surface area contributed by atoms with Crippen LogP contribution in [-0.4, -0.2) is 0 Å². The zero-order valence-electron chi connectivity index (χ0n) is 31.0. The van der Waals surface area contributed by atoms with E-state index >= 15 is 0 Å². The predicted octanol–water partition coefficient (Wildman–Crippen LogP) is 15.4. The van der Waals surface area contributed by atoms with Gasteiger partial charge in [0.2, 0.25) is 0 Å². The topological polar surface area (TPSA) is 3.24 Å². The highest BCUT2D eigenvalue weighted by molar-refractivity contribution is 6.22. The number of benzene rings is 10. The largest absolute Gasteiger partial charge is 0.309 e. The lowest BCUT2D eigenvalue weighted by Gasteiger charge is -2.29. The molecule has 0 aliphatic heterocycles. The van der Waals surface area contributed by atoms with Crippen LogP contribution in [0.3, 0.4) is 0 Å². The Morgan fingerprint density at radius 2 is 0.673 bits per heavy atom. The molecule has 0 aliphatic rings. The minimum Gasteiger partial charge on any atom is -0.309 e. The minimum absolute atomic E-state index is 1.12. The van der Waals surface area contributed by atoms with Crippen LogP contribution in [0.5, 0.6) is 0 Å². The van der Waals surface area contributed by atoms with Crippen molar-refractivity contribution >= 4 is 60.2 Å². The fourth-order valence-corrected chi connectivity index (χ4v) is 8.74. The summed E-state index contributed by atoms with van der Waals surface area (Å²) in [6, 6.07) is 73.4. The van der Waals surface area contributed by atoms with Crippen molar-refractivity contribution in [3.8, 4) is 33.4 Å². The molecule has 0 radical (unpaired) electrons. The zero-order valence-corrected chi connectivity index (χ0v) is 31.0. The van der Waals surface area contributed by atoms with Crippen LogP contribution in [0.2, 0.25) is 0 Å². The molecule has 0 aliphatic carbocycles. The number of anilines is 3. The van der Waals surface area contributed by atoms with E-state index in [0.29, 0.717) is 0 Å². The molecule has 1 heteroatoms. The van der Waals surface area contributed by atoms with Crippen LogP contribution in [0.4, 0.5) is 17.1 Å². The third kappa shape index (κ3) is 5.47. The number of fused-ring (bicyclic) bond motifs is 4. The molecular formula is C54H39N. The normalized spacial score (nSPS) is 11.5. The van der Waals surface area contributed by atoms with E-state index in [1.54, 1.807) is 0 Å². The van der Waals surface area contributed by atoms with Gasteiger partial charge >= 0.3 is 0 Å². The van der Waals surface area contributed by atoms with E-state index in [-0.39, 0.29) is 0 Å². The molecule has 0 heterocycles. The van der Waals surface area contributed by atoms with Gasteiger partial charge in [0.25, 0.3) is 0 Å². The van der Waals surface area contributed by atoms with Crippen molar-refractivity contribution in [1.29, 1.82) is 0 Å². The van der Waals surface area contributed by atoms with Crippen LogP contribution in [0.25, 0.3) is 76.5 Å². The first-order chi connectivity index (χ1) is 27.2. The molecule has 1 nitrogen and oxygen atoms in total. The monoisotopic (exact) mass is 701 g/mol. The summed E-state index contributed by atoms with van der Waals surface area (Å²) < 4.78 is 0. The molecule has 0 N–H and O–H groups in total. The molecule has 0 aromatic heterocycles. The number of hydrogen-bond donors (Lipinski definition) is 0. The number of rotatable bonds is 6. The van der Waals surface area contributed by atoms with Crippen molar-refractivity contribution in [2.75, 3.05) is 4.90 Å². The number of aryl methyl sites for hydroxylation is 2. The lowest BCUT2D eigenvalue weighted by molar-refractivity contribution is 1.30. The first-order valence-corrected chi connectivity index (χ1v) is 19.1. The molecule has 10 aromatic carbocycles. The average molecular weight is 702 g/mol. The van der Waals surface area contributed by atoms with Gasteiger partial charge in [-0.3, -0.25) is 0 Å². The molecule has 0 fully saturated rings. The smallest absolute Gasteiger partial charge is 0.0540 e. The third-order valence-corrected chi connectivity index (χ3v) is 11.3. The molecule has 0 saturated carbocycles. The number of hydrogen-bond acceptors (Lipinski definition) is 1. The van der Waals surface area contributed by atoms with E-state index in [1.807, 2.05) is 0 Å². The van der Waals surface area contributed by atoms with Crippen LogP contribution < -0.4 is 4.90 Å². The van der Waals surface area contributed by atoms with Gasteiger partial charge in [-0.25, -0.2) is 0 Å². The molecular weight excluding hydrogens is 663 g/mol. The van der Waals surface area contributed by atoms with Crippen molar-refractivity contribution in [3.63, 3.8) is 0 Å². The van der Waals surface area contributed by atoms with E-state index in [0.717, 1.165) is 5.69 Å². The van der Waals surface area contributed by atoms with Gasteiger partial charge in [-0.15, -0.1) is 0 Å². The van der Waals surface area contributed by atoms with E-state index in [1.165, 1.54) is 99.0 Å². The molecule has 260 valence electrons. The summed E-state index contributed by atoms with van der Waals surface area (Å²) in [6.45, 7) is 4.40. The molecule has 55 heavy (non-hydrogen) atoms. The van der Waals surface area contributed by atoms with Crippen LogP contribution in [0, 0.1) is 13.8 Å². The minimum atomic E-state index is 1.12. The fourth-order valence-electron chi connectivity index (χ4n) is 8.74. The Morgan fingerprint density at radius 1 is 0.273 bits per heavy atom. The molecule has 0 unspecified atom stereocenters. The second-order valence-corrected chi connectivity index (χ2v) is 14.5. The predicted molar refractivity (Wildman–Crippen MR) is 237 cm³/mol. The van der Waals surface area contributed by atoms with Crippen LogP contribution in [-0.2, 0) is 0 Å². The van der Waals surface area contributed by atoms with Gasteiger partial charge in [0.1, 0.15) is 0 Å². The summed E-state index contributed by atoms with van der Waals surface area (Å²) in [5, 5.41) is 10.0. The molecule has 0 spiro atoms. The molecule has 0 bridgehead atoms. The highest BCUT2D eigenvalue weighted by Gasteiger charge is 2.21. The highest BCUT2D eigenvalue weighted by atomic mass is 15.1. The second-order valence-electron chi connectivity index (χ2n) is 14.5. The molecule has 0 saturated heterocycles. The van der Waals surface area contributed by atoms with Crippen molar-refractivity contribution in [2.24, 2.45) is 0 Å². The molecule has 10 aromatic rings. The van der Waals surface area contributed by atoms with Crippen molar-refractivity contribution in [2.45, 2.75) is 13.8 Å². The Labute approximate surface area is 322 Å².